The predicted molar refractivity (Wildman–Crippen MR) is 199 cm³/mol. The Kier molecular flexibility index (Phi) is 12.8. The van der Waals surface area contributed by atoms with Gasteiger partial charge in [0.15, 0.2) is 0 Å². The van der Waals surface area contributed by atoms with Crippen LogP contribution in [0.5, 0.6) is 0 Å². The molecule has 15 heteroatoms. The van der Waals surface area contributed by atoms with E-state index >= 15 is 0 Å². The molecule has 2 aliphatic rings. The molecule has 0 saturated carbocycles. The average Bonchev–Trinajstić information content (AvgIpc) is 3.55. The Morgan fingerprint density at radius 1 is 0.942 bits per heavy atom. The summed E-state index contributed by atoms with van der Waals surface area (Å²) in [6.07, 6.45) is 2.07. The van der Waals surface area contributed by atoms with Crippen molar-refractivity contribution in [1.29, 1.82) is 0 Å². The van der Waals surface area contributed by atoms with Crippen LogP contribution in [0.1, 0.15) is 62.1 Å². The molecule has 13 nitrogen and oxygen atoms in total. The van der Waals surface area contributed by atoms with E-state index in [-0.39, 0.29) is 25.1 Å². The maximum atomic E-state index is 14.3. The third-order valence-corrected chi connectivity index (χ3v) is 10.2. The Morgan fingerprint density at radius 2 is 1.69 bits per heavy atom. The summed E-state index contributed by atoms with van der Waals surface area (Å²) in [5.41, 5.74) is 1.25. The van der Waals surface area contributed by atoms with E-state index in [0.717, 1.165) is 5.39 Å². The predicted octanol–water partition coefficient (Wildman–Crippen LogP) is 2.73. The van der Waals surface area contributed by atoms with Gasteiger partial charge in [-0.3, -0.25) is 28.8 Å². The molecule has 0 spiro atoms. The molecule has 52 heavy (non-hydrogen) atoms. The number of para-hydroxylation sites is 1. The molecule has 3 aromatic rings. The topological polar surface area (TPSA) is 179 Å². The van der Waals surface area contributed by atoms with E-state index in [1.165, 1.54) is 23.6 Å². The van der Waals surface area contributed by atoms with Gasteiger partial charge in [-0.25, -0.2) is 4.98 Å². The molecular formula is C37H44ClN7O6S. The molecule has 2 aliphatic heterocycles. The zero-order chi connectivity index (χ0) is 37.5. The summed E-state index contributed by atoms with van der Waals surface area (Å²) in [5, 5.41) is 15.3. The van der Waals surface area contributed by atoms with Crippen molar-refractivity contribution in [1.82, 2.24) is 36.5 Å². The Bertz CT molecular complexity index is 1830. The first kappa shape index (κ1) is 38.5. The van der Waals surface area contributed by atoms with Crippen molar-refractivity contribution in [2.45, 2.75) is 76.3 Å². The van der Waals surface area contributed by atoms with Gasteiger partial charge in [0.25, 0.3) is 5.91 Å². The number of nitrogens with one attached hydrogen (secondary N) is 5. The second kappa shape index (κ2) is 17.2. The van der Waals surface area contributed by atoms with Crippen molar-refractivity contribution >= 4 is 69.7 Å². The fourth-order valence-electron chi connectivity index (χ4n) is 6.43. The van der Waals surface area contributed by atoms with Crippen molar-refractivity contribution in [2.75, 3.05) is 18.6 Å². The first-order valence-electron chi connectivity index (χ1n) is 17.3. The molecule has 5 rings (SSSR count). The fraction of sp³-hybridized carbons (Fsp3) is 0.432. The summed E-state index contributed by atoms with van der Waals surface area (Å²) in [6.45, 7) is 5.02. The van der Waals surface area contributed by atoms with Gasteiger partial charge in [-0.1, -0.05) is 74.0 Å². The molecule has 0 unspecified atom stereocenters. The van der Waals surface area contributed by atoms with Gasteiger partial charge in [-0.15, -0.1) is 0 Å². The van der Waals surface area contributed by atoms with E-state index in [1.807, 2.05) is 18.4 Å². The number of amides is 6. The lowest BCUT2D eigenvalue weighted by atomic mass is 10.0. The number of fused-ring (bicyclic) bond motifs is 2. The largest absolute Gasteiger partial charge is 0.347 e. The standard InChI is InChI=1S/C37H44ClN7O6S/c1-20(2)31-37(51)45-19-24(40-34(48)26-14-13-23-11-8-12-25(38)32(23)42-26)17-29(45)36(50)39-21(3)33(47)43-28(22-9-6-5-7-10-22)18-30(46)41-27(15-16-52-4)35(49)44-31/h5-14,20-21,24,27-29,31H,15-19H2,1-4H3,(H,39,50)(H,40,48)(H,41,46)(H,43,47)(H,44,49)/t21-,24-,27-,28-,29-,31-/m0/s1. The minimum absolute atomic E-state index is 0.0423. The van der Waals surface area contributed by atoms with Crippen LogP contribution < -0.4 is 26.6 Å². The van der Waals surface area contributed by atoms with Crippen molar-refractivity contribution in [3.05, 3.63) is 76.9 Å². The number of nitrogens with zero attached hydrogens (tertiary/aromatic N) is 2. The van der Waals surface area contributed by atoms with Gasteiger partial charge in [-0.2, -0.15) is 11.8 Å². The average molecular weight is 750 g/mol. The highest BCUT2D eigenvalue weighted by molar-refractivity contribution is 7.98. The Balaban J connectivity index is 1.45. The zero-order valence-corrected chi connectivity index (χ0v) is 31.1. The number of halogens is 1. The van der Waals surface area contributed by atoms with E-state index in [9.17, 15) is 28.8 Å². The van der Waals surface area contributed by atoms with Gasteiger partial charge in [0.1, 0.15) is 29.9 Å². The van der Waals surface area contributed by atoms with Gasteiger partial charge in [0.05, 0.1) is 23.0 Å². The van der Waals surface area contributed by atoms with Crippen LogP contribution in [0.25, 0.3) is 10.9 Å². The van der Waals surface area contributed by atoms with Crippen molar-refractivity contribution < 1.29 is 28.8 Å². The maximum Gasteiger partial charge on any atom is 0.270 e. The number of benzene rings is 2. The van der Waals surface area contributed by atoms with Crippen LogP contribution >= 0.6 is 23.4 Å². The summed E-state index contributed by atoms with van der Waals surface area (Å²) in [7, 11) is 0. The quantitative estimate of drug-likeness (QED) is 0.245. The number of rotatable bonds is 7. The van der Waals surface area contributed by atoms with Crippen LogP contribution in [0.2, 0.25) is 5.02 Å². The molecule has 2 fully saturated rings. The molecule has 2 saturated heterocycles. The van der Waals surface area contributed by atoms with Crippen molar-refractivity contribution in [3.8, 4) is 0 Å². The normalized spacial score (nSPS) is 24.9. The van der Waals surface area contributed by atoms with Crippen LogP contribution in [0.3, 0.4) is 0 Å². The lowest BCUT2D eigenvalue weighted by Gasteiger charge is -2.32. The number of hydrogen-bond acceptors (Lipinski definition) is 8. The van der Waals surface area contributed by atoms with Gasteiger partial charge in [0, 0.05) is 18.0 Å². The van der Waals surface area contributed by atoms with Crippen molar-refractivity contribution in [2.24, 2.45) is 5.92 Å². The number of carbonyl (C=O) groups is 6. The third kappa shape index (κ3) is 9.20. The third-order valence-electron chi connectivity index (χ3n) is 9.28. The molecular weight excluding hydrogens is 706 g/mol. The lowest BCUT2D eigenvalue weighted by molar-refractivity contribution is -0.143. The number of hydrogen-bond donors (Lipinski definition) is 5. The van der Waals surface area contributed by atoms with E-state index < -0.39 is 77.6 Å². The highest BCUT2D eigenvalue weighted by Crippen LogP contribution is 2.25. The summed E-state index contributed by atoms with van der Waals surface area (Å²) in [6, 6.07) is 12.0. The molecule has 0 aliphatic carbocycles. The number of carbonyl (C=O) groups excluding carboxylic acids is 6. The highest BCUT2D eigenvalue weighted by atomic mass is 35.5. The summed E-state index contributed by atoms with van der Waals surface area (Å²) in [5.74, 6) is -3.03. The number of aromatic nitrogens is 1. The van der Waals surface area contributed by atoms with Crippen LogP contribution in [0.15, 0.2) is 60.7 Å². The molecule has 276 valence electrons. The molecule has 2 aromatic carbocycles. The number of thioether (sulfide) groups is 1. The molecule has 0 bridgehead atoms. The Hall–Kier alpha value is -4.69. The van der Waals surface area contributed by atoms with Crippen LogP contribution in [0, 0.1) is 5.92 Å². The van der Waals surface area contributed by atoms with Gasteiger partial charge in [-0.05, 0) is 55.4 Å². The summed E-state index contributed by atoms with van der Waals surface area (Å²) in [4.78, 5) is 88.1. The molecule has 6 atom stereocenters. The first-order chi connectivity index (χ1) is 24.9. The molecule has 0 radical (unpaired) electrons. The molecule has 1 aromatic heterocycles. The fourth-order valence-corrected chi connectivity index (χ4v) is 7.12. The molecule has 6 amide bonds. The molecule has 5 N–H and O–H groups in total. The van der Waals surface area contributed by atoms with Gasteiger partial charge < -0.3 is 31.5 Å². The highest BCUT2D eigenvalue weighted by Gasteiger charge is 2.44. The Labute approximate surface area is 311 Å². The van der Waals surface area contributed by atoms with Gasteiger partial charge >= 0.3 is 0 Å². The first-order valence-corrected chi connectivity index (χ1v) is 19.0. The van der Waals surface area contributed by atoms with E-state index in [2.05, 4.69) is 31.6 Å². The summed E-state index contributed by atoms with van der Waals surface area (Å²) >= 11 is 7.83. The minimum atomic E-state index is -1.07. The van der Waals surface area contributed by atoms with Crippen molar-refractivity contribution in [3.63, 3.8) is 0 Å². The SMILES string of the molecule is CSCC[C@@H]1NC(=O)C[C@@H](c2ccccc2)NC(=O)[C@H](C)NC(=O)[C@@H]2C[C@H](NC(=O)c3ccc4cccc(Cl)c4n3)CN2C(=O)[C@H](C(C)C)NC1=O. The summed E-state index contributed by atoms with van der Waals surface area (Å²) < 4.78 is 0. The zero-order valence-electron chi connectivity index (χ0n) is 29.5. The van der Waals surface area contributed by atoms with E-state index in [1.54, 1.807) is 62.4 Å². The monoisotopic (exact) mass is 749 g/mol. The Morgan fingerprint density at radius 3 is 2.40 bits per heavy atom. The number of pyridine rings is 1. The van der Waals surface area contributed by atoms with E-state index in [4.69, 9.17) is 11.6 Å². The van der Waals surface area contributed by atoms with Crippen LogP contribution in [0.4, 0.5) is 0 Å². The van der Waals surface area contributed by atoms with Crippen LogP contribution in [-0.2, 0) is 24.0 Å². The van der Waals surface area contributed by atoms with Gasteiger partial charge in [0.2, 0.25) is 29.5 Å². The lowest BCUT2D eigenvalue weighted by Crippen LogP contribution is -2.59. The molecule has 3 heterocycles. The maximum absolute atomic E-state index is 14.3. The minimum Gasteiger partial charge on any atom is -0.347 e. The second-order valence-electron chi connectivity index (χ2n) is 13.5. The second-order valence-corrected chi connectivity index (χ2v) is 14.9. The van der Waals surface area contributed by atoms with E-state index in [0.29, 0.717) is 28.3 Å². The smallest absolute Gasteiger partial charge is 0.270 e. The van der Waals surface area contributed by atoms with Crippen LogP contribution in [-0.4, -0.2) is 94.1 Å².